The smallest absolute Gasteiger partial charge is 0.336 e. The first-order valence-electron chi connectivity index (χ1n) is 9.99. The first kappa shape index (κ1) is 21.8. The second-order valence-corrected chi connectivity index (χ2v) is 7.00. The monoisotopic (exact) mass is 446 g/mol. The largest absolute Gasteiger partial charge is 0.497 e. The normalized spacial score (nSPS) is 11.3. The number of nitrogens with one attached hydrogen (secondary N) is 1. The van der Waals surface area contributed by atoms with Gasteiger partial charge in [-0.3, -0.25) is 4.98 Å². The van der Waals surface area contributed by atoms with E-state index in [9.17, 15) is 9.90 Å². The number of pyridine rings is 1. The predicted molar refractivity (Wildman–Crippen MR) is 124 cm³/mol. The molecule has 2 heterocycles. The molecule has 0 unspecified atom stereocenters. The van der Waals surface area contributed by atoms with E-state index >= 15 is 0 Å². The van der Waals surface area contributed by atoms with Gasteiger partial charge in [0, 0.05) is 23.8 Å². The number of fused-ring (bicyclic) bond motifs is 1. The molecule has 0 aliphatic heterocycles. The fourth-order valence-electron chi connectivity index (χ4n) is 3.43. The lowest BCUT2D eigenvalue weighted by atomic mass is 10.1. The van der Waals surface area contributed by atoms with E-state index in [1.54, 1.807) is 82.3 Å². The number of nitrogens with zero attached hydrogens (tertiary/aromatic N) is 1. The zero-order valence-corrected chi connectivity index (χ0v) is 18.3. The van der Waals surface area contributed by atoms with Crippen molar-refractivity contribution in [1.29, 1.82) is 0 Å². The number of H-pyrrole nitrogens is 1. The Morgan fingerprint density at radius 1 is 0.909 bits per heavy atom. The van der Waals surface area contributed by atoms with Gasteiger partial charge in [0.2, 0.25) is 0 Å². The maximum atomic E-state index is 12.1. The van der Waals surface area contributed by atoms with Gasteiger partial charge >= 0.3 is 5.97 Å². The molecule has 8 heteroatoms. The maximum Gasteiger partial charge on any atom is 0.336 e. The van der Waals surface area contributed by atoms with Gasteiger partial charge in [-0.1, -0.05) is 0 Å². The molecule has 33 heavy (non-hydrogen) atoms. The highest BCUT2D eigenvalue weighted by atomic mass is 16.5. The van der Waals surface area contributed by atoms with Crippen LogP contribution in [0, 0.1) is 0 Å². The fourth-order valence-corrected chi connectivity index (χ4v) is 3.43. The van der Waals surface area contributed by atoms with Crippen molar-refractivity contribution in [2.75, 3.05) is 21.3 Å². The summed E-state index contributed by atoms with van der Waals surface area (Å²) in [6, 6.07) is 13.9. The molecule has 0 radical (unpaired) electrons. The standard InChI is InChI=1S/C25H22N2O6/c1-30-16-4-6-17(7-5-16)33-24-19-13-22(31-2)23(32-3)14-20(19)27-21(24)12-18(25(28)29)15-8-10-26-11-9-15/h4-14,27H,1-3H3,(H,28,29). The summed E-state index contributed by atoms with van der Waals surface area (Å²) >= 11 is 0. The maximum absolute atomic E-state index is 12.1. The Morgan fingerprint density at radius 2 is 1.55 bits per heavy atom. The van der Waals surface area contributed by atoms with Gasteiger partial charge < -0.3 is 29.0 Å². The van der Waals surface area contributed by atoms with Crippen molar-refractivity contribution in [3.63, 3.8) is 0 Å². The number of aromatic amines is 1. The minimum absolute atomic E-state index is 0.0856. The Kier molecular flexibility index (Phi) is 6.17. The van der Waals surface area contributed by atoms with Crippen LogP contribution in [0.25, 0.3) is 22.6 Å². The zero-order valence-electron chi connectivity index (χ0n) is 18.3. The van der Waals surface area contributed by atoms with Crippen LogP contribution in [-0.4, -0.2) is 42.4 Å². The number of aliphatic carboxylic acids is 1. The second-order valence-electron chi connectivity index (χ2n) is 7.00. The lowest BCUT2D eigenvalue weighted by Gasteiger charge is -2.10. The number of carbonyl (C=O) groups is 1. The summed E-state index contributed by atoms with van der Waals surface area (Å²) in [5.41, 5.74) is 1.77. The van der Waals surface area contributed by atoms with Crippen LogP contribution in [0.5, 0.6) is 28.7 Å². The molecule has 0 saturated carbocycles. The molecular weight excluding hydrogens is 424 g/mol. The molecular formula is C25H22N2O6. The summed E-state index contributed by atoms with van der Waals surface area (Å²) in [6.07, 6.45) is 4.62. The second kappa shape index (κ2) is 9.35. The molecule has 2 N–H and O–H groups in total. The van der Waals surface area contributed by atoms with Gasteiger partial charge in [0.1, 0.15) is 11.5 Å². The van der Waals surface area contributed by atoms with Gasteiger partial charge in [-0.25, -0.2) is 4.79 Å². The number of aromatic nitrogens is 2. The molecule has 0 atom stereocenters. The number of rotatable bonds is 8. The van der Waals surface area contributed by atoms with Crippen LogP contribution in [0.15, 0.2) is 60.9 Å². The van der Waals surface area contributed by atoms with Crippen molar-refractivity contribution < 1.29 is 28.8 Å². The highest BCUT2D eigenvalue weighted by Gasteiger charge is 2.19. The Morgan fingerprint density at radius 3 is 2.15 bits per heavy atom. The Labute approximate surface area is 190 Å². The first-order valence-corrected chi connectivity index (χ1v) is 9.99. The number of carboxylic acids is 1. The van der Waals surface area contributed by atoms with Gasteiger partial charge in [0.25, 0.3) is 0 Å². The SMILES string of the molecule is COc1ccc(Oc2c(C=C(C(=O)O)c3ccncc3)[nH]c3cc(OC)c(OC)cc23)cc1. The Hall–Kier alpha value is -4.46. The molecule has 0 fully saturated rings. The summed E-state index contributed by atoms with van der Waals surface area (Å²) in [7, 11) is 4.69. The molecule has 2 aromatic heterocycles. The fraction of sp³-hybridized carbons (Fsp3) is 0.120. The number of benzene rings is 2. The van der Waals surface area contributed by atoms with Crippen LogP contribution in [0.2, 0.25) is 0 Å². The van der Waals surface area contributed by atoms with Crippen LogP contribution in [0.1, 0.15) is 11.3 Å². The summed E-state index contributed by atoms with van der Waals surface area (Å²) < 4.78 is 22.3. The molecule has 4 aromatic rings. The van der Waals surface area contributed by atoms with Gasteiger partial charge in [-0.05, 0) is 54.1 Å². The van der Waals surface area contributed by atoms with Crippen molar-refractivity contribution in [3.8, 4) is 28.7 Å². The lowest BCUT2D eigenvalue weighted by molar-refractivity contribution is -0.130. The van der Waals surface area contributed by atoms with Crippen LogP contribution >= 0.6 is 0 Å². The molecule has 0 spiro atoms. The highest BCUT2D eigenvalue weighted by molar-refractivity contribution is 6.21. The molecule has 0 amide bonds. The van der Waals surface area contributed by atoms with Crippen molar-refractivity contribution >= 4 is 28.5 Å². The Balaban J connectivity index is 1.91. The van der Waals surface area contributed by atoms with Crippen molar-refractivity contribution in [2.24, 2.45) is 0 Å². The topological polar surface area (TPSA) is 103 Å². The number of methoxy groups -OCH3 is 3. The quantitative estimate of drug-likeness (QED) is 0.367. The zero-order chi connectivity index (χ0) is 23.4. The summed E-state index contributed by atoms with van der Waals surface area (Å²) in [4.78, 5) is 19.3. The molecule has 0 saturated heterocycles. The van der Waals surface area contributed by atoms with Gasteiger partial charge in [0.05, 0.1) is 38.1 Å². The number of ether oxygens (including phenoxy) is 4. The third kappa shape index (κ3) is 4.45. The highest BCUT2D eigenvalue weighted by Crippen LogP contribution is 2.41. The van der Waals surface area contributed by atoms with E-state index in [2.05, 4.69) is 9.97 Å². The van der Waals surface area contributed by atoms with Crippen LogP contribution in [-0.2, 0) is 4.79 Å². The first-order chi connectivity index (χ1) is 16.0. The average Bonchev–Trinajstić information content (AvgIpc) is 3.18. The van der Waals surface area contributed by atoms with Crippen LogP contribution in [0.3, 0.4) is 0 Å². The van der Waals surface area contributed by atoms with E-state index in [-0.39, 0.29) is 5.57 Å². The van der Waals surface area contributed by atoms with Gasteiger partial charge in [-0.15, -0.1) is 0 Å². The van der Waals surface area contributed by atoms with Gasteiger partial charge in [0.15, 0.2) is 17.2 Å². The molecule has 168 valence electrons. The molecule has 0 aliphatic carbocycles. The molecule has 4 rings (SSSR count). The molecule has 0 bridgehead atoms. The third-order valence-corrected chi connectivity index (χ3v) is 5.07. The minimum atomic E-state index is -1.08. The number of hydrogen-bond acceptors (Lipinski definition) is 6. The van der Waals surface area contributed by atoms with Crippen LogP contribution in [0.4, 0.5) is 0 Å². The number of carboxylic acid groups (broad SMARTS) is 1. The van der Waals surface area contributed by atoms with Crippen molar-refractivity contribution in [1.82, 2.24) is 9.97 Å². The predicted octanol–water partition coefficient (Wildman–Crippen LogP) is 5.01. The molecule has 2 aromatic carbocycles. The minimum Gasteiger partial charge on any atom is -0.497 e. The van der Waals surface area contributed by atoms with Crippen LogP contribution < -0.4 is 18.9 Å². The Bertz CT molecular complexity index is 1310. The van der Waals surface area contributed by atoms with Gasteiger partial charge in [-0.2, -0.15) is 0 Å². The van der Waals surface area contributed by atoms with E-state index < -0.39 is 5.97 Å². The summed E-state index contributed by atoms with van der Waals surface area (Å²) in [5, 5.41) is 10.6. The van der Waals surface area contributed by atoms with Crippen molar-refractivity contribution in [2.45, 2.75) is 0 Å². The number of hydrogen-bond donors (Lipinski definition) is 2. The lowest BCUT2D eigenvalue weighted by Crippen LogP contribution is -2.00. The van der Waals surface area contributed by atoms with Crippen molar-refractivity contribution in [3.05, 3.63) is 72.2 Å². The summed E-state index contributed by atoms with van der Waals surface area (Å²) in [6.45, 7) is 0. The van der Waals surface area contributed by atoms with E-state index in [0.29, 0.717) is 50.9 Å². The molecule has 0 aliphatic rings. The summed E-state index contributed by atoms with van der Waals surface area (Å²) in [5.74, 6) is 1.67. The molecule has 8 nitrogen and oxygen atoms in total. The van der Waals surface area contributed by atoms with E-state index in [0.717, 1.165) is 0 Å². The third-order valence-electron chi connectivity index (χ3n) is 5.07. The van der Waals surface area contributed by atoms with E-state index in [1.807, 2.05) is 0 Å². The van der Waals surface area contributed by atoms with E-state index in [1.165, 1.54) is 6.08 Å². The van der Waals surface area contributed by atoms with E-state index in [4.69, 9.17) is 18.9 Å². The average molecular weight is 446 g/mol.